The average Bonchev–Trinajstić information content (AvgIpc) is 3.21. The van der Waals surface area contributed by atoms with Crippen LogP contribution < -0.4 is 10.1 Å². The molecular weight excluding hydrogens is 340 g/mol. The standard InChI is InChI=1S/C22H28N2O3/c25-22(16-27-20-8-7-17-4-1-2-5-18(17)14-20)23-19-9-11-24(12-10-19)15-21-6-3-13-26-21/h1-2,4-5,7-8,14,19,21H,3,6,9-13,15-16H2,(H,23,25)/t21-/m1/s1. The first-order chi connectivity index (χ1) is 13.3. The maximum Gasteiger partial charge on any atom is 0.258 e. The smallest absolute Gasteiger partial charge is 0.258 e. The third-order valence-electron chi connectivity index (χ3n) is 5.53. The molecule has 5 nitrogen and oxygen atoms in total. The number of benzene rings is 2. The van der Waals surface area contributed by atoms with E-state index in [9.17, 15) is 4.79 Å². The molecule has 2 saturated heterocycles. The van der Waals surface area contributed by atoms with Gasteiger partial charge in [0.15, 0.2) is 6.61 Å². The minimum atomic E-state index is -0.0410. The van der Waals surface area contributed by atoms with Gasteiger partial charge in [0.25, 0.3) is 5.91 Å². The van der Waals surface area contributed by atoms with Gasteiger partial charge < -0.3 is 19.7 Å². The van der Waals surface area contributed by atoms with Crippen molar-refractivity contribution in [3.05, 3.63) is 42.5 Å². The number of fused-ring (bicyclic) bond motifs is 1. The SMILES string of the molecule is O=C(COc1ccc2ccccc2c1)NC1CCN(C[C@H]2CCCO2)CC1. The van der Waals surface area contributed by atoms with Gasteiger partial charge in [-0.15, -0.1) is 0 Å². The average molecular weight is 368 g/mol. The third-order valence-corrected chi connectivity index (χ3v) is 5.53. The van der Waals surface area contributed by atoms with Crippen LogP contribution in [0.4, 0.5) is 0 Å². The van der Waals surface area contributed by atoms with Gasteiger partial charge in [0.2, 0.25) is 0 Å². The van der Waals surface area contributed by atoms with Crippen molar-refractivity contribution in [2.45, 2.75) is 37.8 Å². The predicted molar refractivity (Wildman–Crippen MR) is 106 cm³/mol. The Hall–Kier alpha value is -2.11. The minimum Gasteiger partial charge on any atom is -0.484 e. The van der Waals surface area contributed by atoms with Crippen LogP contribution in [-0.4, -0.2) is 55.8 Å². The number of hydrogen-bond donors (Lipinski definition) is 1. The number of ether oxygens (including phenoxy) is 2. The summed E-state index contributed by atoms with van der Waals surface area (Å²) in [6, 6.07) is 14.3. The Morgan fingerprint density at radius 3 is 2.70 bits per heavy atom. The molecule has 1 atom stereocenters. The third kappa shape index (κ3) is 4.99. The second kappa shape index (κ2) is 8.72. The highest BCUT2D eigenvalue weighted by molar-refractivity contribution is 5.84. The Morgan fingerprint density at radius 1 is 1.11 bits per heavy atom. The highest BCUT2D eigenvalue weighted by Gasteiger charge is 2.24. The van der Waals surface area contributed by atoms with Crippen LogP contribution in [0.25, 0.3) is 10.8 Å². The summed E-state index contributed by atoms with van der Waals surface area (Å²) in [4.78, 5) is 14.7. The number of nitrogens with one attached hydrogen (secondary N) is 1. The van der Waals surface area contributed by atoms with Crippen LogP contribution >= 0.6 is 0 Å². The summed E-state index contributed by atoms with van der Waals surface area (Å²) < 4.78 is 11.4. The van der Waals surface area contributed by atoms with Gasteiger partial charge in [-0.2, -0.15) is 0 Å². The topological polar surface area (TPSA) is 50.8 Å². The van der Waals surface area contributed by atoms with E-state index in [4.69, 9.17) is 9.47 Å². The fourth-order valence-electron chi connectivity index (χ4n) is 4.01. The van der Waals surface area contributed by atoms with E-state index in [1.165, 1.54) is 18.2 Å². The Balaban J connectivity index is 1.19. The molecule has 5 heteroatoms. The molecule has 0 unspecified atom stereocenters. The number of hydrogen-bond acceptors (Lipinski definition) is 4. The van der Waals surface area contributed by atoms with Crippen molar-refractivity contribution in [1.82, 2.24) is 10.2 Å². The van der Waals surface area contributed by atoms with Gasteiger partial charge in [-0.1, -0.05) is 30.3 Å². The van der Waals surface area contributed by atoms with E-state index in [0.717, 1.165) is 50.2 Å². The number of carbonyl (C=O) groups excluding carboxylic acids is 1. The van der Waals surface area contributed by atoms with E-state index in [1.807, 2.05) is 36.4 Å². The van der Waals surface area contributed by atoms with Crippen LogP contribution in [-0.2, 0) is 9.53 Å². The normalized spacial score (nSPS) is 21.4. The lowest BCUT2D eigenvalue weighted by Gasteiger charge is -2.33. The maximum atomic E-state index is 12.2. The van der Waals surface area contributed by atoms with Crippen molar-refractivity contribution in [3.8, 4) is 5.75 Å². The lowest BCUT2D eigenvalue weighted by atomic mass is 10.0. The Kier molecular flexibility index (Phi) is 5.90. The molecule has 2 aliphatic heterocycles. The zero-order valence-electron chi connectivity index (χ0n) is 15.7. The monoisotopic (exact) mass is 368 g/mol. The van der Waals surface area contributed by atoms with Crippen LogP contribution in [0.5, 0.6) is 5.75 Å². The second-order valence-corrected chi connectivity index (χ2v) is 7.58. The molecule has 0 aliphatic carbocycles. The molecule has 2 aromatic rings. The molecule has 0 bridgehead atoms. The summed E-state index contributed by atoms with van der Waals surface area (Å²) in [5.41, 5.74) is 0. The fraction of sp³-hybridized carbons (Fsp3) is 0.500. The molecule has 1 N–H and O–H groups in total. The summed E-state index contributed by atoms with van der Waals surface area (Å²) in [7, 11) is 0. The number of carbonyl (C=O) groups is 1. The summed E-state index contributed by atoms with van der Waals surface area (Å²) in [6.07, 6.45) is 4.77. The number of piperidine rings is 1. The first-order valence-corrected chi connectivity index (χ1v) is 10.0. The fourth-order valence-corrected chi connectivity index (χ4v) is 4.01. The summed E-state index contributed by atoms with van der Waals surface area (Å²) in [6.45, 7) is 4.06. The molecule has 27 heavy (non-hydrogen) atoms. The Bertz CT molecular complexity index is 765. The van der Waals surface area contributed by atoms with Gasteiger partial charge in [-0.25, -0.2) is 0 Å². The van der Waals surface area contributed by atoms with Crippen LogP contribution in [0.1, 0.15) is 25.7 Å². The molecule has 2 aromatic carbocycles. The molecule has 144 valence electrons. The van der Waals surface area contributed by atoms with Gasteiger partial charge in [0.1, 0.15) is 5.75 Å². The van der Waals surface area contributed by atoms with Gasteiger partial charge in [-0.3, -0.25) is 4.79 Å². The Labute approximate surface area is 160 Å². The van der Waals surface area contributed by atoms with E-state index < -0.39 is 0 Å². The highest BCUT2D eigenvalue weighted by Crippen LogP contribution is 2.20. The predicted octanol–water partition coefficient (Wildman–Crippen LogP) is 2.98. The molecule has 0 aromatic heterocycles. The van der Waals surface area contributed by atoms with Crippen molar-refractivity contribution >= 4 is 16.7 Å². The molecule has 0 saturated carbocycles. The van der Waals surface area contributed by atoms with E-state index in [1.54, 1.807) is 0 Å². The van der Waals surface area contributed by atoms with Crippen molar-refractivity contribution in [1.29, 1.82) is 0 Å². The molecule has 2 heterocycles. The molecule has 0 spiro atoms. The van der Waals surface area contributed by atoms with Gasteiger partial charge in [0.05, 0.1) is 6.10 Å². The molecule has 1 amide bonds. The summed E-state index contributed by atoms with van der Waals surface area (Å²) in [5, 5.41) is 5.41. The molecule has 2 fully saturated rings. The molecule has 2 aliphatic rings. The molecule has 4 rings (SSSR count). The number of nitrogens with zero attached hydrogens (tertiary/aromatic N) is 1. The summed E-state index contributed by atoms with van der Waals surface area (Å²) >= 11 is 0. The maximum absolute atomic E-state index is 12.2. The van der Waals surface area contributed by atoms with E-state index in [2.05, 4.69) is 16.3 Å². The zero-order chi connectivity index (χ0) is 18.5. The number of likely N-dealkylation sites (tertiary alicyclic amines) is 1. The van der Waals surface area contributed by atoms with Crippen molar-refractivity contribution in [2.75, 3.05) is 32.8 Å². The van der Waals surface area contributed by atoms with Crippen LogP contribution in [0, 0.1) is 0 Å². The minimum absolute atomic E-state index is 0.0410. The lowest BCUT2D eigenvalue weighted by Crippen LogP contribution is -2.47. The molecular formula is C22H28N2O3. The van der Waals surface area contributed by atoms with E-state index in [-0.39, 0.29) is 18.6 Å². The number of amides is 1. The zero-order valence-corrected chi connectivity index (χ0v) is 15.7. The Morgan fingerprint density at radius 2 is 1.93 bits per heavy atom. The lowest BCUT2D eigenvalue weighted by molar-refractivity contribution is -0.124. The van der Waals surface area contributed by atoms with Gasteiger partial charge >= 0.3 is 0 Å². The van der Waals surface area contributed by atoms with Crippen molar-refractivity contribution in [3.63, 3.8) is 0 Å². The van der Waals surface area contributed by atoms with Crippen LogP contribution in [0.15, 0.2) is 42.5 Å². The molecule has 0 radical (unpaired) electrons. The van der Waals surface area contributed by atoms with Gasteiger partial charge in [-0.05, 0) is 48.6 Å². The quantitative estimate of drug-likeness (QED) is 0.852. The van der Waals surface area contributed by atoms with Gasteiger partial charge in [0, 0.05) is 32.3 Å². The van der Waals surface area contributed by atoms with Crippen molar-refractivity contribution in [2.24, 2.45) is 0 Å². The van der Waals surface area contributed by atoms with E-state index >= 15 is 0 Å². The largest absolute Gasteiger partial charge is 0.484 e. The second-order valence-electron chi connectivity index (χ2n) is 7.58. The van der Waals surface area contributed by atoms with E-state index in [0.29, 0.717) is 6.10 Å². The van der Waals surface area contributed by atoms with Crippen LogP contribution in [0.3, 0.4) is 0 Å². The van der Waals surface area contributed by atoms with Crippen molar-refractivity contribution < 1.29 is 14.3 Å². The highest BCUT2D eigenvalue weighted by atomic mass is 16.5. The summed E-state index contributed by atoms with van der Waals surface area (Å²) in [5.74, 6) is 0.691. The first-order valence-electron chi connectivity index (χ1n) is 10.0. The van der Waals surface area contributed by atoms with Crippen LogP contribution in [0.2, 0.25) is 0 Å². The number of rotatable bonds is 6. The first kappa shape index (κ1) is 18.3.